The zero-order chi connectivity index (χ0) is 28.6. The largest absolute Gasteiger partial charge is 0.508 e. The number of rotatable bonds is 8. The van der Waals surface area contributed by atoms with Crippen molar-refractivity contribution in [3.05, 3.63) is 77.5 Å². The Morgan fingerprint density at radius 2 is 1.90 bits per heavy atom. The lowest BCUT2D eigenvalue weighted by molar-refractivity contribution is -0.0154. The van der Waals surface area contributed by atoms with Crippen molar-refractivity contribution in [1.29, 1.82) is 0 Å². The number of nitrogens with zero attached hydrogens (tertiary/aromatic N) is 4. The third kappa shape index (κ3) is 5.98. The maximum atomic E-state index is 14.5. The number of sulfone groups is 1. The normalized spacial score (nSPS) is 21.6. The Morgan fingerprint density at radius 3 is 2.60 bits per heavy atom. The van der Waals surface area contributed by atoms with E-state index in [1.807, 2.05) is 6.07 Å². The van der Waals surface area contributed by atoms with E-state index in [-0.39, 0.29) is 47.6 Å². The molecule has 212 valence electrons. The molecule has 4 aromatic rings. The molecule has 0 radical (unpaired) electrons. The number of benzene rings is 1. The number of ether oxygens (including phenoxy) is 1. The average molecular weight is 572 g/mol. The summed E-state index contributed by atoms with van der Waals surface area (Å²) >= 11 is 0. The number of imidazole rings is 1. The molecular formula is C28H31F2N5O4S. The van der Waals surface area contributed by atoms with Crippen LogP contribution in [0.25, 0.3) is 16.8 Å². The van der Waals surface area contributed by atoms with Gasteiger partial charge in [0.2, 0.25) is 0 Å². The summed E-state index contributed by atoms with van der Waals surface area (Å²) in [6.45, 7) is 2.18. The molecule has 3 aromatic heterocycles. The van der Waals surface area contributed by atoms with Crippen LogP contribution in [0.3, 0.4) is 0 Å². The van der Waals surface area contributed by atoms with Gasteiger partial charge in [0.1, 0.15) is 33.0 Å². The van der Waals surface area contributed by atoms with Crippen LogP contribution in [0.5, 0.6) is 5.75 Å². The molecule has 0 amide bonds. The van der Waals surface area contributed by atoms with Crippen molar-refractivity contribution in [2.45, 2.75) is 44.2 Å². The van der Waals surface area contributed by atoms with Crippen LogP contribution in [0.4, 0.5) is 8.78 Å². The molecule has 1 aliphatic carbocycles. The summed E-state index contributed by atoms with van der Waals surface area (Å²) in [5.41, 5.74) is 8.93. The van der Waals surface area contributed by atoms with Crippen LogP contribution in [0, 0.1) is 17.6 Å². The molecule has 9 nitrogen and oxygen atoms in total. The van der Waals surface area contributed by atoms with E-state index in [1.165, 1.54) is 12.3 Å². The summed E-state index contributed by atoms with van der Waals surface area (Å²) in [5.74, 6) is -1.56. The fourth-order valence-electron chi connectivity index (χ4n) is 5.59. The molecule has 0 unspecified atom stereocenters. The molecule has 0 saturated heterocycles. The van der Waals surface area contributed by atoms with Crippen molar-refractivity contribution in [1.82, 2.24) is 19.6 Å². The minimum Gasteiger partial charge on any atom is -0.508 e. The zero-order valence-corrected chi connectivity index (χ0v) is 23.0. The Labute approximate surface area is 231 Å². The molecule has 1 aliphatic rings. The second-order valence-corrected chi connectivity index (χ2v) is 12.8. The van der Waals surface area contributed by atoms with E-state index in [9.17, 15) is 22.3 Å². The summed E-state index contributed by atoms with van der Waals surface area (Å²) in [6, 6.07) is 6.59. The van der Waals surface area contributed by atoms with Gasteiger partial charge in [0.05, 0.1) is 41.4 Å². The highest BCUT2D eigenvalue weighted by Gasteiger charge is 2.36. The van der Waals surface area contributed by atoms with Gasteiger partial charge in [-0.05, 0) is 54.0 Å². The number of phenols is 1. The van der Waals surface area contributed by atoms with Crippen molar-refractivity contribution in [2.24, 2.45) is 11.7 Å². The SMILES string of the molecule is C[C@H]1C[C@@H](c2ccncc2Cc2ncc3ccc(-c4c(F)cc(O)cc4F)nn23)C[C@@H](N)[C@H]1OCCS(C)(=O)=O. The molecule has 40 heavy (non-hydrogen) atoms. The van der Waals surface area contributed by atoms with Gasteiger partial charge < -0.3 is 15.6 Å². The first-order valence-corrected chi connectivity index (χ1v) is 15.1. The number of hydrogen-bond acceptors (Lipinski definition) is 8. The van der Waals surface area contributed by atoms with Gasteiger partial charge in [-0.25, -0.2) is 26.7 Å². The Balaban J connectivity index is 1.39. The van der Waals surface area contributed by atoms with Crippen molar-refractivity contribution in [3.63, 3.8) is 0 Å². The molecule has 0 aliphatic heterocycles. The van der Waals surface area contributed by atoms with Gasteiger partial charge in [-0.15, -0.1) is 0 Å². The van der Waals surface area contributed by atoms with Gasteiger partial charge in [-0.1, -0.05) is 6.92 Å². The number of aromatic hydroxyl groups is 1. The second kappa shape index (κ2) is 11.2. The van der Waals surface area contributed by atoms with E-state index in [0.717, 1.165) is 29.7 Å². The zero-order valence-electron chi connectivity index (χ0n) is 22.2. The highest BCUT2D eigenvalue weighted by molar-refractivity contribution is 7.90. The van der Waals surface area contributed by atoms with Gasteiger partial charge in [-0.2, -0.15) is 5.10 Å². The van der Waals surface area contributed by atoms with Crippen LogP contribution >= 0.6 is 0 Å². The van der Waals surface area contributed by atoms with Crippen molar-refractivity contribution in [2.75, 3.05) is 18.6 Å². The Kier molecular flexibility index (Phi) is 7.85. The maximum absolute atomic E-state index is 14.5. The van der Waals surface area contributed by atoms with Gasteiger partial charge >= 0.3 is 0 Å². The molecule has 1 saturated carbocycles. The molecule has 0 spiro atoms. The maximum Gasteiger partial charge on any atom is 0.149 e. The van der Waals surface area contributed by atoms with Crippen LogP contribution in [0.2, 0.25) is 0 Å². The van der Waals surface area contributed by atoms with Gasteiger partial charge in [0.15, 0.2) is 0 Å². The molecule has 4 atom stereocenters. The Bertz CT molecular complexity index is 1610. The minimum atomic E-state index is -3.12. The van der Waals surface area contributed by atoms with E-state index < -0.39 is 27.2 Å². The fourth-order valence-corrected chi connectivity index (χ4v) is 5.99. The smallest absolute Gasteiger partial charge is 0.149 e. The van der Waals surface area contributed by atoms with Gasteiger partial charge in [0.25, 0.3) is 0 Å². The van der Waals surface area contributed by atoms with E-state index in [0.29, 0.717) is 24.2 Å². The monoisotopic (exact) mass is 571 g/mol. The number of nitrogens with two attached hydrogens (primary N) is 1. The minimum absolute atomic E-state index is 0.0408. The molecule has 1 aromatic carbocycles. The third-order valence-corrected chi connectivity index (χ3v) is 8.34. The quantitative estimate of drug-likeness (QED) is 0.328. The van der Waals surface area contributed by atoms with E-state index >= 15 is 0 Å². The lowest BCUT2D eigenvalue weighted by Gasteiger charge is -2.39. The highest BCUT2D eigenvalue weighted by atomic mass is 32.2. The predicted molar refractivity (Wildman–Crippen MR) is 146 cm³/mol. The number of aromatic nitrogens is 4. The van der Waals surface area contributed by atoms with Crippen LogP contribution in [-0.4, -0.2) is 63.9 Å². The molecule has 5 rings (SSSR count). The number of fused-ring (bicyclic) bond motifs is 1. The second-order valence-electron chi connectivity index (χ2n) is 10.5. The predicted octanol–water partition coefficient (Wildman–Crippen LogP) is 3.64. The van der Waals surface area contributed by atoms with Crippen LogP contribution < -0.4 is 5.73 Å². The Hall–Kier alpha value is -3.48. The van der Waals surface area contributed by atoms with Crippen molar-refractivity contribution < 1.29 is 27.0 Å². The molecule has 0 bridgehead atoms. The van der Waals surface area contributed by atoms with Crippen LogP contribution in [0.15, 0.2) is 48.9 Å². The van der Waals surface area contributed by atoms with Crippen LogP contribution in [-0.2, 0) is 21.0 Å². The average Bonchev–Trinajstić information content (AvgIpc) is 3.26. The number of phenolic OH excluding ortho intramolecular Hbond substituents is 1. The number of hydrogen-bond donors (Lipinski definition) is 2. The summed E-state index contributed by atoms with van der Waals surface area (Å²) < 4.78 is 59.5. The lowest BCUT2D eigenvalue weighted by Crippen LogP contribution is -2.47. The standard InChI is InChI=1S/C28H31F2N5O4S/c1-16-9-17(10-24(31)28(16)39-7-8-40(2,37)38)21-5-6-32-14-18(21)11-26-33-15-19-3-4-25(34-35(19)26)27-22(29)12-20(36)13-23(27)30/h3-6,12-17,24,28,36H,7-11,31H2,1-2H3/t16-,17+,24+,28-/m0/s1. The van der Waals surface area contributed by atoms with E-state index in [2.05, 4.69) is 22.0 Å². The van der Waals surface area contributed by atoms with Crippen molar-refractivity contribution in [3.8, 4) is 17.0 Å². The Morgan fingerprint density at radius 1 is 1.15 bits per heavy atom. The molecule has 12 heteroatoms. The fraction of sp³-hybridized carbons (Fsp3) is 0.393. The molecule has 3 heterocycles. The van der Waals surface area contributed by atoms with Gasteiger partial charge in [-0.3, -0.25) is 4.98 Å². The van der Waals surface area contributed by atoms with Crippen LogP contribution in [0.1, 0.15) is 42.6 Å². The van der Waals surface area contributed by atoms with Gasteiger partial charge in [0, 0.05) is 43.2 Å². The summed E-state index contributed by atoms with van der Waals surface area (Å²) in [5, 5.41) is 14.0. The highest BCUT2D eigenvalue weighted by Crippen LogP contribution is 2.38. The summed E-state index contributed by atoms with van der Waals surface area (Å²) in [4.78, 5) is 8.84. The summed E-state index contributed by atoms with van der Waals surface area (Å²) in [6.07, 6.45) is 7.96. The topological polar surface area (TPSA) is 133 Å². The van der Waals surface area contributed by atoms with E-state index in [4.69, 9.17) is 10.5 Å². The first-order valence-electron chi connectivity index (χ1n) is 13.0. The first-order chi connectivity index (χ1) is 19.0. The molecule has 3 N–H and O–H groups in total. The molecule has 1 fully saturated rings. The molecular weight excluding hydrogens is 540 g/mol. The first kappa shape index (κ1) is 28.1. The third-order valence-electron chi connectivity index (χ3n) is 7.43. The summed E-state index contributed by atoms with van der Waals surface area (Å²) in [7, 11) is -3.12. The number of halogens is 2. The van der Waals surface area contributed by atoms with E-state index in [1.54, 1.807) is 29.2 Å². The van der Waals surface area contributed by atoms with Crippen molar-refractivity contribution >= 4 is 15.4 Å². The number of pyridine rings is 1. The lowest BCUT2D eigenvalue weighted by atomic mass is 9.73.